The molecule has 1 amide bonds. The van der Waals surface area contributed by atoms with Gasteiger partial charge in [0.05, 0.1) is 6.04 Å². The van der Waals surface area contributed by atoms with E-state index in [0.29, 0.717) is 11.7 Å². The SMILES string of the molecule is CSCC(C)N(C)C(C)C(=O)Nc1cccc(N)c1C. The topological polar surface area (TPSA) is 58.4 Å². The van der Waals surface area contributed by atoms with Crippen molar-refractivity contribution in [2.24, 2.45) is 0 Å². The van der Waals surface area contributed by atoms with Crippen molar-refractivity contribution in [1.29, 1.82) is 0 Å². The molecule has 1 aromatic rings. The molecule has 0 saturated heterocycles. The molecule has 0 radical (unpaired) electrons. The third-order valence-corrected chi connectivity index (χ3v) is 4.54. The van der Waals surface area contributed by atoms with Crippen LogP contribution in [0.2, 0.25) is 0 Å². The van der Waals surface area contributed by atoms with E-state index in [4.69, 9.17) is 5.73 Å². The van der Waals surface area contributed by atoms with E-state index < -0.39 is 0 Å². The van der Waals surface area contributed by atoms with E-state index in [1.807, 2.05) is 39.1 Å². The predicted octanol–water partition coefficient (Wildman–Crippen LogP) is 2.59. The maximum absolute atomic E-state index is 12.3. The second-order valence-electron chi connectivity index (χ2n) is 5.15. The molecule has 1 rings (SSSR count). The van der Waals surface area contributed by atoms with E-state index in [0.717, 1.165) is 17.0 Å². The number of hydrogen-bond donors (Lipinski definition) is 2. The van der Waals surface area contributed by atoms with Gasteiger partial charge in [0.15, 0.2) is 0 Å². The molecule has 20 heavy (non-hydrogen) atoms. The molecule has 0 aliphatic carbocycles. The highest BCUT2D eigenvalue weighted by molar-refractivity contribution is 7.98. The Balaban J connectivity index is 2.73. The number of nitrogens with zero attached hydrogens (tertiary/aromatic N) is 1. The molecule has 2 atom stereocenters. The van der Waals surface area contributed by atoms with Crippen molar-refractivity contribution in [3.8, 4) is 0 Å². The first kappa shape index (κ1) is 16.9. The number of carbonyl (C=O) groups is 1. The van der Waals surface area contributed by atoms with Crippen molar-refractivity contribution < 1.29 is 4.79 Å². The maximum Gasteiger partial charge on any atom is 0.241 e. The summed E-state index contributed by atoms with van der Waals surface area (Å²) in [6.07, 6.45) is 2.07. The molecule has 0 bridgehead atoms. The molecule has 3 N–H and O–H groups in total. The fourth-order valence-electron chi connectivity index (χ4n) is 1.95. The molecule has 0 fully saturated rings. The molecule has 1 aromatic carbocycles. The average molecular weight is 295 g/mol. The van der Waals surface area contributed by atoms with Gasteiger partial charge < -0.3 is 11.1 Å². The Morgan fingerprint density at radius 2 is 2.10 bits per heavy atom. The van der Waals surface area contributed by atoms with Crippen LogP contribution >= 0.6 is 11.8 Å². The number of hydrogen-bond acceptors (Lipinski definition) is 4. The largest absolute Gasteiger partial charge is 0.398 e. The van der Waals surface area contributed by atoms with Gasteiger partial charge >= 0.3 is 0 Å². The number of amides is 1. The minimum absolute atomic E-state index is 0.00541. The number of nitrogens with one attached hydrogen (secondary N) is 1. The number of anilines is 2. The van der Waals surface area contributed by atoms with Gasteiger partial charge in [0.25, 0.3) is 0 Å². The van der Waals surface area contributed by atoms with Crippen molar-refractivity contribution in [2.45, 2.75) is 32.9 Å². The Labute approximate surface area is 126 Å². The lowest BCUT2D eigenvalue weighted by atomic mass is 10.1. The number of carbonyl (C=O) groups excluding carboxylic acids is 1. The van der Waals surface area contributed by atoms with Crippen LogP contribution in [0.1, 0.15) is 19.4 Å². The minimum atomic E-state index is -0.182. The number of likely N-dealkylation sites (N-methyl/N-ethyl adjacent to an activating group) is 1. The third kappa shape index (κ3) is 4.15. The van der Waals surface area contributed by atoms with Gasteiger partial charge in [-0.15, -0.1) is 0 Å². The van der Waals surface area contributed by atoms with Crippen LogP contribution in [0.15, 0.2) is 18.2 Å². The van der Waals surface area contributed by atoms with E-state index in [9.17, 15) is 4.79 Å². The molecule has 0 saturated carbocycles. The lowest BCUT2D eigenvalue weighted by Gasteiger charge is -2.29. The summed E-state index contributed by atoms with van der Waals surface area (Å²) in [6, 6.07) is 5.73. The predicted molar refractivity (Wildman–Crippen MR) is 89.3 cm³/mol. The molecule has 0 aliphatic rings. The second-order valence-corrected chi connectivity index (χ2v) is 6.07. The van der Waals surface area contributed by atoms with Gasteiger partial charge in [0, 0.05) is 23.2 Å². The molecule has 0 aromatic heterocycles. The van der Waals surface area contributed by atoms with Crippen LogP contribution < -0.4 is 11.1 Å². The molecular formula is C15H25N3OS. The molecule has 112 valence electrons. The fourth-order valence-corrected chi connectivity index (χ4v) is 2.67. The standard InChI is InChI=1S/C15H25N3OS/c1-10(9-20-5)18(4)12(3)15(19)17-14-8-6-7-13(16)11(14)2/h6-8,10,12H,9,16H2,1-5H3,(H,17,19). The summed E-state index contributed by atoms with van der Waals surface area (Å²) in [7, 11) is 1.98. The van der Waals surface area contributed by atoms with Crippen molar-refractivity contribution in [3.05, 3.63) is 23.8 Å². The van der Waals surface area contributed by atoms with E-state index in [1.165, 1.54) is 0 Å². The zero-order valence-corrected chi connectivity index (χ0v) is 13.8. The van der Waals surface area contributed by atoms with Crippen molar-refractivity contribution in [3.63, 3.8) is 0 Å². The molecule has 2 unspecified atom stereocenters. The van der Waals surface area contributed by atoms with Gasteiger partial charge in [-0.1, -0.05) is 6.07 Å². The van der Waals surface area contributed by atoms with Gasteiger partial charge in [0.2, 0.25) is 5.91 Å². The monoisotopic (exact) mass is 295 g/mol. The first-order chi connectivity index (χ1) is 9.38. The van der Waals surface area contributed by atoms with Crippen LogP contribution in [-0.4, -0.2) is 41.9 Å². The Morgan fingerprint density at radius 3 is 2.70 bits per heavy atom. The van der Waals surface area contributed by atoms with E-state index in [-0.39, 0.29) is 11.9 Å². The second kappa shape index (κ2) is 7.55. The molecule has 0 spiro atoms. The smallest absolute Gasteiger partial charge is 0.241 e. The van der Waals surface area contributed by atoms with Gasteiger partial charge in [-0.3, -0.25) is 9.69 Å². The summed E-state index contributed by atoms with van der Waals surface area (Å²) < 4.78 is 0. The molecule has 0 aliphatic heterocycles. The first-order valence-electron chi connectivity index (χ1n) is 6.75. The van der Waals surface area contributed by atoms with Gasteiger partial charge in [0.1, 0.15) is 0 Å². The van der Waals surface area contributed by atoms with Crippen LogP contribution in [-0.2, 0) is 4.79 Å². The molecule has 4 nitrogen and oxygen atoms in total. The summed E-state index contributed by atoms with van der Waals surface area (Å²) in [6.45, 7) is 5.97. The van der Waals surface area contributed by atoms with E-state index in [2.05, 4.69) is 23.4 Å². The normalized spacial score (nSPS) is 14.1. The van der Waals surface area contributed by atoms with Crippen LogP contribution in [0.5, 0.6) is 0 Å². The quantitative estimate of drug-likeness (QED) is 0.792. The number of nitrogen functional groups attached to an aromatic ring is 1. The van der Waals surface area contributed by atoms with Gasteiger partial charge in [-0.05, 0) is 51.8 Å². The number of thioether (sulfide) groups is 1. The maximum atomic E-state index is 12.3. The molecule has 5 heteroatoms. The van der Waals surface area contributed by atoms with Crippen LogP contribution in [0.4, 0.5) is 11.4 Å². The Bertz CT molecular complexity index is 464. The molecular weight excluding hydrogens is 270 g/mol. The Kier molecular flexibility index (Phi) is 6.36. The highest BCUT2D eigenvalue weighted by Gasteiger charge is 2.22. The Hall–Kier alpha value is -1.20. The van der Waals surface area contributed by atoms with Crippen molar-refractivity contribution >= 4 is 29.0 Å². The van der Waals surface area contributed by atoms with Crippen molar-refractivity contribution in [1.82, 2.24) is 4.90 Å². The first-order valence-corrected chi connectivity index (χ1v) is 8.14. The lowest BCUT2D eigenvalue weighted by Crippen LogP contribution is -2.45. The van der Waals surface area contributed by atoms with Crippen molar-refractivity contribution in [2.75, 3.05) is 30.1 Å². The zero-order chi connectivity index (χ0) is 15.3. The number of benzene rings is 1. The zero-order valence-electron chi connectivity index (χ0n) is 12.9. The molecule has 0 heterocycles. The number of nitrogens with two attached hydrogens (primary N) is 1. The highest BCUT2D eigenvalue weighted by atomic mass is 32.2. The van der Waals surface area contributed by atoms with Crippen LogP contribution in [0.3, 0.4) is 0 Å². The Morgan fingerprint density at radius 1 is 1.45 bits per heavy atom. The third-order valence-electron chi connectivity index (χ3n) is 3.73. The highest BCUT2D eigenvalue weighted by Crippen LogP contribution is 2.21. The fraction of sp³-hybridized carbons (Fsp3) is 0.533. The summed E-state index contributed by atoms with van der Waals surface area (Å²) in [5.41, 5.74) is 8.24. The van der Waals surface area contributed by atoms with Crippen LogP contribution in [0, 0.1) is 6.92 Å². The lowest BCUT2D eigenvalue weighted by molar-refractivity contribution is -0.120. The van der Waals surface area contributed by atoms with E-state index >= 15 is 0 Å². The summed E-state index contributed by atoms with van der Waals surface area (Å²) >= 11 is 1.79. The minimum Gasteiger partial charge on any atom is -0.398 e. The van der Waals surface area contributed by atoms with Crippen LogP contribution in [0.25, 0.3) is 0 Å². The summed E-state index contributed by atoms with van der Waals surface area (Å²) in [5, 5.41) is 2.96. The number of rotatable bonds is 6. The van der Waals surface area contributed by atoms with Gasteiger partial charge in [-0.2, -0.15) is 11.8 Å². The van der Waals surface area contributed by atoms with Gasteiger partial charge in [-0.25, -0.2) is 0 Å². The summed E-state index contributed by atoms with van der Waals surface area (Å²) in [4.78, 5) is 14.4. The average Bonchev–Trinajstić information content (AvgIpc) is 2.42. The van der Waals surface area contributed by atoms with E-state index in [1.54, 1.807) is 11.8 Å². The summed E-state index contributed by atoms with van der Waals surface area (Å²) in [5.74, 6) is 1.000.